The highest BCUT2D eigenvalue weighted by atomic mass is 16.5. The number of hydrogen-bond acceptors (Lipinski definition) is 6. The molecule has 168 valence electrons. The van der Waals surface area contributed by atoms with E-state index in [9.17, 15) is 5.11 Å². The van der Waals surface area contributed by atoms with Gasteiger partial charge in [-0.25, -0.2) is 9.51 Å². The van der Waals surface area contributed by atoms with Crippen molar-refractivity contribution in [2.75, 3.05) is 51.7 Å². The molecule has 2 aromatic rings. The largest absolute Gasteiger partial charge is 0.506 e. The first-order valence-corrected chi connectivity index (χ1v) is 11.6. The lowest BCUT2D eigenvalue weighted by atomic mass is 10.1. The Morgan fingerprint density at radius 2 is 2.09 bits per heavy atom. The van der Waals surface area contributed by atoms with Gasteiger partial charge in [-0.1, -0.05) is 6.07 Å². The molecule has 2 aliphatic heterocycles. The molecule has 0 aromatic carbocycles. The Labute approximate surface area is 188 Å². The number of rotatable bonds is 6. The molecule has 0 unspecified atom stereocenters. The SMILES string of the molecule is C[N+]1(CCCNc2nn3ccccc3c2/N=C2\C=C3OCCN=C3C=C2O)CCCCC1. The Bertz CT molecular complexity index is 1120. The van der Waals surface area contributed by atoms with E-state index in [2.05, 4.69) is 17.4 Å². The van der Waals surface area contributed by atoms with Gasteiger partial charge in [-0.2, -0.15) is 0 Å². The maximum Gasteiger partial charge on any atom is 0.175 e. The molecule has 5 rings (SSSR count). The normalized spacial score (nSPS) is 21.4. The molecule has 8 heteroatoms. The fraction of sp³-hybridized carbons (Fsp3) is 0.458. The summed E-state index contributed by atoms with van der Waals surface area (Å²) in [7, 11) is 2.37. The van der Waals surface area contributed by atoms with Crippen molar-refractivity contribution in [3.63, 3.8) is 0 Å². The zero-order valence-electron chi connectivity index (χ0n) is 18.6. The van der Waals surface area contributed by atoms with Gasteiger partial charge in [0.25, 0.3) is 0 Å². The molecule has 32 heavy (non-hydrogen) atoms. The minimum absolute atomic E-state index is 0.0850. The Morgan fingerprint density at radius 3 is 2.97 bits per heavy atom. The van der Waals surface area contributed by atoms with Crippen molar-refractivity contribution in [2.45, 2.75) is 25.7 Å². The average molecular weight is 436 g/mol. The van der Waals surface area contributed by atoms with E-state index >= 15 is 0 Å². The van der Waals surface area contributed by atoms with Crippen LogP contribution >= 0.6 is 0 Å². The molecule has 8 nitrogen and oxygen atoms in total. The molecule has 0 amide bonds. The maximum absolute atomic E-state index is 10.6. The fourth-order valence-electron chi connectivity index (χ4n) is 4.70. The lowest BCUT2D eigenvalue weighted by Gasteiger charge is -2.37. The number of nitrogens with one attached hydrogen (secondary N) is 1. The second kappa shape index (κ2) is 8.78. The Hall–Kier alpha value is -3.13. The van der Waals surface area contributed by atoms with Gasteiger partial charge in [-0.05, 0) is 31.4 Å². The van der Waals surface area contributed by atoms with E-state index in [1.54, 1.807) is 12.2 Å². The number of likely N-dealkylation sites (tertiary alicyclic amines) is 1. The van der Waals surface area contributed by atoms with E-state index in [0.29, 0.717) is 36.0 Å². The molecular formula is C24H31N6O2+. The van der Waals surface area contributed by atoms with Crippen LogP contribution in [0.15, 0.2) is 58.1 Å². The molecule has 0 saturated carbocycles. The van der Waals surface area contributed by atoms with Crippen LogP contribution in [0.25, 0.3) is 5.52 Å². The Balaban J connectivity index is 1.38. The first-order valence-electron chi connectivity index (χ1n) is 11.6. The third-order valence-electron chi connectivity index (χ3n) is 6.50. The van der Waals surface area contributed by atoms with Crippen molar-refractivity contribution in [3.05, 3.63) is 48.1 Å². The minimum Gasteiger partial charge on any atom is -0.506 e. The number of pyridine rings is 1. The number of aromatic nitrogens is 2. The first kappa shape index (κ1) is 20.8. The van der Waals surface area contributed by atoms with Gasteiger partial charge in [0.1, 0.15) is 35.2 Å². The number of quaternary nitrogens is 1. The predicted octanol–water partition coefficient (Wildman–Crippen LogP) is 3.65. The second-order valence-electron chi connectivity index (χ2n) is 9.01. The number of piperidine rings is 1. The van der Waals surface area contributed by atoms with Crippen molar-refractivity contribution < 1.29 is 14.3 Å². The smallest absolute Gasteiger partial charge is 0.175 e. The quantitative estimate of drug-likeness (QED) is 0.412. The predicted molar refractivity (Wildman–Crippen MR) is 127 cm³/mol. The summed E-state index contributed by atoms with van der Waals surface area (Å²) < 4.78 is 8.68. The molecule has 2 aromatic heterocycles. The Morgan fingerprint density at radius 1 is 1.22 bits per heavy atom. The number of anilines is 1. The van der Waals surface area contributed by atoms with E-state index in [-0.39, 0.29) is 5.76 Å². The molecule has 0 spiro atoms. The summed E-state index contributed by atoms with van der Waals surface area (Å²) in [5, 5.41) is 18.8. The standard InChI is InChI=1S/C24H30N6O2/c1-30(12-5-2-6-13-30)14-7-9-26-24-23(20-8-3-4-11-29(20)28-24)27-18-17-22-19(16-21(18)31)25-10-15-32-22/h3-4,8,11,16-17H,2,5-7,9-10,12-15H2,1H3,(H-,25,26,28,31)/p+1/b27-18+. The lowest BCUT2D eigenvalue weighted by molar-refractivity contribution is -0.914. The molecular weight excluding hydrogens is 404 g/mol. The van der Waals surface area contributed by atoms with Crippen LogP contribution < -0.4 is 5.32 Å². The van der Waals surface area contributed by atoms with Gasteiger partial charge in [-0.15, -0.1) is 5.10 Å². The van der Waals surface area contributed by atoms with Crippen LogP contribution in [0.3, 0.4) is 0 Å². The van der Waals surface area contributed by atoms with Gasteiger partial charge >= 0.3 is 0 Å². The molecule has 3 aliphatic rings. The van der Waals surface area contributed by atoms with Gasteiger partial charge in [0.15, 0.2) is 5.82 Å². The van der Waals surface area contributed by atoms with Gasteiger partial charge in [0.05, 0.1) is 38.7 Å². The lowest BCUT2D eigenvalue weighted by Crippen LogP contribution is -2.48. The summed E-state index contributed by atoms with van der Waals surface area (Å²) in [6.07, 6.45) is 10.4. The van der Waals surface area contributed by atoms with Crippen molar-refractivity contribution in [3.8, 4) is 0 Å². The van der Waals surface area contributed by atoms with E-state index in [0.717, 1.165) is 28.8 Å². The summed E-state index contributed by atoms with van der Waals surface area (Å²) in [5.41, 5.74) is 2.72. The monoisotopic (exact) mass is 435 g/mol. The first-order chi connectivity index (χ1) is 15.6. The third-order valence-corrected chi connectivity index (χ3v) is 6.50. The topological polar surface area (TPSA) is 83.5 Å². The molecule has 4 heterocycles. The number of aliphatic hydroxyl groups is 1. The van der Waals surface area contributed by atoms with Gasteiger partial charge < -0.3 is 19.6 Å². The highest BCUT2D eigenvalue weighted by molar-refractivity contribution is 6.22. The second-order valence-corrected chi connectivity index (χ2v) is 9.01. The molecule has 0 bridgehead atoms. The van der Waals surface area contributed by atoms with E-state index in [1.807, 2.05) is 28.9 Å². The van der Waals surface area contributed by atoms with Crippen molar-refractivity contribution >= 4 is 28.4 Å². The maximum atomic E-state index is 10.6. The van der Waals surface area contributed by atoms with Gasteiger partial charge in [-0.3, -0.25) is 4.99 Å². The van der Waals surface area contributed by atoms with Crippen LogP contribution in [0.2, 0.25) is 0 Å². The summed E-state index contributed by atoms with van der Waals surface area (Å²) in [4.78, 5) is 9.19. The fourth-order valence-corrected chi connectivity index (χ4v) is 4.70. The number of aliphatic imine (C=N–C) groups is 2. The number of aliphatic hydroxyl groups excluding tert-OH is 1. The molecule has 1 aliphatic carbocycles. The summed E-state index contributed by atoms with van der Waals surface area (Å²) >= 11 is 0. The summed E-state index contributed by atoms with van der Waals surface area (Å²) in [6, 6.07) is 5.90. The van der Waals surface area contributed by atoms with Crippen LogP contribution in [0, 0.1) is 0 Å². The number of fused-ring (bicyclic) bond motifs is 2. The van der Waals surface area contributed by atoms with Crippen molar-refractivity contribution in [1.29, 1.82) is 0 Å². The van der Waals surface area contributed by atoms with Crippen molar-refractivity contribution in [2.24, 2.45) is 9.98 Å². The zero-order chi connectivity index (χ0) is 22.0. The molecule has 0 atom stereocenters. The van der Waals surface area contributed by atoms with Crippen LogP contribution in [0.4, 0.5) is 11.5 Å². The highest BCUT2D eigenvalue weighted by Gasteiger charge is 2.24. The van der Waals surface area contributed by atoms with Gasteiger partial charge in [0, 0.05) is 31.3 Å². The van der Waals surface area contributed by atoms with E-state index < -0.39 is 0 Å². The number of allylic oxidation sites excluding steroid dienone is 2. The Kier molecular flexibility index (Phi) is 5.70. The number of ether oxygens (including phenoxy) is 1. The molecule has 0 radical (unpaired) electrons. The zero-order valence-corrected chi connectivity index (χ0v) is 18.6. The minimum atomic E-state index is 0.0850. The van der Waals surface area contributed by atoms with E-state index in [4.69, 9.17) is 14.8 Å². The molecule has 1 saturated heterocycles. The van der Waals surface area contributed by atoms with E-state index in [1.165, 1.54) is 38.9 Å². The summed E-state index contributed by atoms with van der Waals surface area (Å²) in [6.45, 7) is 5.69. The number of nitrogens with zero attached hydrogens (tertiary/aromatic N) is 5. The third kappa shape index (κ3) is 4.27. The molecule has 1 fully saturated rings. The van der Waals surface area contributed by atoms with Crippen LogP contribution in [-0.2, 0) is 4.74 Å². The highest BCUT2D eigenvalue weighted by Crippen LogP contribution is 2.31. The van der Waals surface area contributed by atoms with Crippen LogP contribution in [-0.4, -0.2) is 77.0 Å². The average Bonchev–Trinajstić information content (AvgIpc) is 3.15. The molecule has 2 N–H and O–H groups in total. The summed E-state index contributed by atoms with van der Waals surface area (Å²) in [5.74, 6) is 1.46. The number of hydrogen-bond donors (Lipinski definition) is 2. The van der Waals surface area contributed by atoms with Crippen LogP contribution in [0.5, 0.6) is 0 Å². The van der Waals surface area contributed by atoms with Crippen LogP contribution in [0.1, 0.15) is 25.7 Å². The van der Waals surface area contributed by atoms with Crippen molar-refractivity contribution in [1.82, 2.24) is 9.61 Å². The van der Waals surface area contributed by atoms with Gasteiger partial charge in [0.2, 0.25) is 0 Å².